The molecule has 0 aromatic rings. The van der Waals surface area contributed by atoms with Gasteiger partial charge in [0.2, 0.25) is 0 Å². The SMILES string of the molecule is CC(C)CNC(N)=NCC(C)(C)C(C)C. The van der Waals surface area contributed by atoms with Crippen LogP contribution < -0.4 is 11.1 Å². The summed E-state index contributed by atoms with van der Waals surface area (Å²) in [6, 6.07) is 0. The summed E-state index contributed by atoms with van der Waals surface area (Å²) in [6.45, 7) is 14.8. The third kappa shape index (κ3) is 6.37. The van der Waals surface area contributed by atoms with Crippen LogP contribution in [0.5, 0.6) is 0 Å². The highest BCUT2D eigenvalue weighted by atomic mass is 15.1. The Bertz CT molecular complexity index is 205. The molecule has 0 heterocycles. The average molecular weight is 213 g/mol. The molecule has 3 nitrogen and oxygen atoms in total. The highest BCUT2D eigenvalue weighted by Gasteiger charge is 2.21. The second-order valence-corrected chi connectivity index (χ2v) is 5.62. The van der Waals surface area contributed by atoms with Crippen molar-refractivity contribution in [2.75, 3.05) is 13.1 Å². The fourth-order valence-electron chi connectivity index (χ4n) is 0.836. The first-order chi connectivity index (χ1) is 6.75. The second-order valence-electron chi connectivity index (χ2n) is 5.62. The number of nitrogens with one attached hydrogen (secondary N) is 1. The summed E-state index contributed by atoms with van der Waals surface area (Å²) in [5.41, 5.74) is 5.98. The monoisotopic (exact) mass is 213 g/mol. The van der Waals surface area contributed by atoms with E-state index in [1.807, 2.05) is 0 Å². The van der Waals surface area contributed by atoms with Gasteiger partial charge in [0, 0.05) is 13.1 Å². The fraction of sp³-hybridized carbons (Fsp3) is 0.917. The average Bonchev–Trinajstić information content (AvgIpc) is 2.11. The number of aliphatic imine (C=N–C) groups is 1. The minimum atomic E-state index is 0.212. The van der Waals surface area contributed by atoms with Gasteiger partial charge in [-0.3, -0.25) is 4.99 Å². The number of rotatable bonds is 5. The van der Waals surface area contributed by atoms with Crippen LogP contribution in [-0.2, 0) is 0 Å². The maximum Gasteiger partial charge on any atom is 0.188 e. The molecule has 0 radical (unpaired) electrons. The molecule has 15 heavy (non-hydrogen) atoms. The lowest BCUT2D eigenvalue weighted by Gasteiger charge is -2.27. The van der Waals surface area contributed by atoms with Crippen molar-refractivity contribution in [3.05, 3.63) is 0 Å². The minimum Gasteiger partial charge on any atom is -0.370 e. The highest BCUT2D eigenvalue weighted by molar-refractivity contribution is 5.77. The molecule has 0 amide bonds. The number of guanidine groups is 1. The van der Waals surface area contributed by atoms with Gasteiger partial charge in [0.05, 0.1) is 0 Å². The van der Waals surface area contributed by atoms with Crippen LogP contribution in [0.3, 0.4) is 0 Å². The Morgan fingerprint density at radius 1 is 1.27 bits per heavy atom. The Morgan fingerprint density at radius 3 is 2.20 bits per heavy atom. The van der Waals surface area contributed by atoms with Crippen molar-refractivity contribution in [3.63, 3.8) is 0 Å². The van der Waals surface area contributed by atoms with E-state index < -0.39 is 0 Å². The van der Waals surface area contributed by atoms with Crippen LogP contribution in [0.25, 0.3) is 0 Å². The molecule has 0 aromatic carbocycles. The van der Waals surface area contributed by atoms with Crippen LogP contribution in [0, 0.1) is 17.3 Å². The molecule has 90 valence electrons. The maximum absolute atomic E-state index is 5.77. The summed E-state index contributed by atoms with van der Waals surface area (Å²) >= 11 is 0. The zero-order chi connectivity index (χ0) is 12.1. The van der Waals surface area contributed by atoms with Gasteiger partial charge in [0.1, 0.15) is 0 Å². The second kappa shape index (κ2) is 5.99. The van der Waals surface area contributed by atoms with Gasteiger partial charge in [0.25, 0.3) is 0 Å². The summed E-state index contributed by atoms with van der Waals surface area (Å²) in [7, 11) is 0. The van der Waals surface area contributed by atoms with Gasteiger partial charge in [-0.05, 0) is 17.3 Å². The van der Waals surface area contributed by atoms with Gasteiger partial charge in [-0.2, -0.15) is 0 Å². The lowest BCUT2D eigenvalue weighted by atomic mass is 9.81. The van der Waals surface area contributed by atoms with Crippen LogP contribution in [0.15, 0.2) is 4.99 Å². The molecular formula is C12H27N3. The Morgan fingerprint density at radius 2 is 1.80 bits per heavy atom. The molecule has 3 N–H and O–H groups in total. The largest absolute Gasteiger partial charge is 0.370 e. The van der Waals surface area contributed by atoms with Gasteiger partial charge in [-0.15, -0.1) is 0 Å². The number of hydrogen-bond donors (Lipinski definition) is 2. The zero-order valence-electron chi connectivity index (χ0n) is 11.1. The van der Waals surface area contributed by atoms with Crippen LogP contribution in [0.4, 0.5) is 0 Å². The summed E-state index contributed by atoms with van der Waals surface area (Å²) in [5, 5.41) is 3.12. The van der Waals surface area contributed by atoms with Crippen molar-refractivity contribution < 1.29 is 0 Å². The molecular weight excluding hydrogens is 186 g/mol. The standard InChI is InChI=1S/C12H27N3/c1-9(2)7-14-11(13)15-8-12(5,6)10(3)4/h9-10H,7-8H2,1-6H3,(H3,13,14,15). The van der Waals surface area contributed by atoms with E-state index in [9.17, 15) is 0 Å². The third-order valence-corrected chi connectivity index (χ3v) is 2.91. The molecule has 0 rings (SSSR count). The third-order valence-electron chi connectivity index (χ3n) is 2.91. The smallest absolute Gasteiger partial charge is 0.188 e. The quantitative estimate of drug-likeness (QED) is 0.543. The number of hydrogen-bond acceptors (Lipinski definition) is 1. The molecule has 0 fully saturated rings. The summed E-state index contributed by atoms with van der Waals surface area (Å²) in [4.78, 5) is 4.37. The first kappa shape index (κ1) is 14.3. The minimum absolute atomic E-state index is 0.212. The first-order valence-corrected chi connectivity index (χ1v) is 5.79. The normalized spacial score (nSPS) is 13.7. The van der Waals surface area contributed by atoms with Crippen LogP contribution >= 0.6 is 0 Å². The molecule has 0 bridgehead atoms. The fourth-order valence-corrected chi connectivity index (χ4v) is 0.836. The Kier molecular flexibility index (Phi) is 5.69. The van der Waals surface area contributed by atoms with Crippen LogP contribution in [-0.4, -0.2) is 19.0 Å². The molecule has 0 aliphatic carbocycles. The van der Waals surface area contributed by atoms with Crippen molar-refractivity contribution >= 4 is 5.96 Å². The van der Waals surface area contributed by atoms with Crippen molar-refractivity contribution in [3.8, 4) is 0 Å². The predicted octanol–water partition coefficient (Wildman–Crippen LogP) is 2.23. The van der Waals surface area contributed by atoms with E-state index in [2.05, 4.69) is 51.9 Å². The van der Waals surface area contributed by atoms with Gasteiger partial charge in [-0.25, -0.2) is 0 Å². The molecule has 0 aromatic heterocycles. The lowest BCUT2D eigenvalue weighted by Crippen LogP contribution is -2.35. The van der Waals surface area contributed by atoms with Gasteiger partial charge in [-0.1, -0.05) is 41.5 Å². The van der Waals surface area contributed by atoms with E-state index in [1.54, 1.807) is 0 Å². The summed E-state index contributed by atoms with van der Waals surface area (Å²) in [6.07, 6.45) is 0. The van der Waals surface area contributed by atoms with Gasteiger partial charge >= 0.3 is 0 Å². The molecule has 0 atom stereocenters. The topological polar surface area (TPSA) is 50.4 Å². The lowest BCUT2D eigenvalue weighted by molar-refractivity contribution is 0.262. The van der Waals surface area contributed by atoms with Crippen LogP contribution in [0.2, 0.25) is 0 Å². The molecule has 0 unspecified atom stereocenters. The molecule has 0 aliphatic rings. The molecule has 0 saturated heterocycles. The van der Waals surface area contributed by atoms with Crippen LogP contribution in [0.1, 0.15) is 41.5 Å². The Hall–Kier alpha value is -0.730. The van der Waals surface area contributed by atoms with E-state index in [4.69, 9.17) is 5.73 Å². The summed E-state index contributed by atoms with van der Waals surface area (Å²) < 4.78 is 0. The van der Waals surface area contributed by atoms with E-state index in [0.717, 1.165) is 13.1 Å². The van der Waals surface area contributed by atoms with Gasteiger partial charge < -0.3 is 11.1 Å². The van der Waals surface area contributed by atoms with E-state index in [-0.39, 0.29) is 5.41 Å². The van der Waals surface area contributed by atoms with E-state index >= 15 is 0 Å². The molecule has 0 aliphatic heterocycles. The molecule has 3 heteroatoms. The zero-order valence-corrected chi connectivity index (χ0v) is 11.1. The Balaban J connectivity index is 4.04. The van der Waals surface area contributed by atoms with E-state index in [0.29, 0.717) is 17.8 Å². The molecule has 0 saturated carbocycles. The number of nitrogens with two attached hydrogens (primary N) is 1. The molecule has 0 spiro atoms. The van der Waals surface area contributed by atoms with Gasteiger partial charge in [0.15, 0.2) is 5.96 Å². The first-order valence-electron chi connectivity index (χ1n) is 5.79. The Labute approximate surface area is 94.5 Å². The van der Waals surface area contributed by atoms with Crippen molar-refractivity contribution in [1.82, 2.24) is 5.32 Å². The highest BCUT2D eigenvalue weighted by Crippen LogP contribution is 2.25. The maximum atomic E-state index is 5.77. The van der Waals surface area contributed by atoms with E-state index in [1.165, 1.54) is 0 Å². The van der Waals surface area contributed by atoms with Crippen molar-refractivity contribution in [2.45, 2.75) is 41.5 Å². The summed E-state index contributed by atoms with van der Waals surface area (Å²) in [5.74, 6) is 1.77. The predicted molar refractivity (Wildman–Crippen MR) is 67.9 cm³/mol. The van der Waals surface area contributed by atoms with Crippen molar-refractivity contribution in [2.24, 2.45) is 28.0 Å². The number of nitrogens with zero attached hydrogens (tertiary/aromatic N) is 1. The van der Waals surface area contributed by atoms with Crippen molar-refractivity contribution in [1.29, 1.82) is 0 Å².